The minimum Gasteiger partial charge on any atom is -0.487 e. The van der Waals surface area contributed by atoms with Crippen LogP contribution in [0.5, 0.6) is 5.75 Å². The number of pyridine rings is 1. The second-order valence-electron chi connectivity index (χ2n) is 5.26. The van der Waals surface area contributed by atoms with Gasteiger partial charge in [0, 0.05) is 17.1 Å². The van der Waals surface area contributed by atoms with Crippen molar-refractivity contribution in [3.05, 3.63) is 65.4 Å². The number of aromatic nitrogens is 1. The van der Waals surface area contributed by atoms with Crippen LogP contribution in [-0.4, -0.2) is 4.98 Å². The molecule has 106 valence electrons. The number of nitrogen functional groups attached to an aromatic ring is 1. The first-order chi connectivity index (χ1) is 10.1. The van der Waals surface area contributed by atoms with E-state index in [1.165, 1.54) is 0 Å². The van der Waals surface area contributed by atoms with Gasteiger partial charge in [-0.25, -0.2) is 4.98 Å². The molecule has 0 unspecified atom stereocenters. The van der Waals surface area contributed by atoms with Crippen molar-refractivity contribution in [3.63, 3.8) is 0 Å². The molecule has 1 heterocycles. The fourth-order valence-corrected chi connectivity index (χ4v) is 2.34. The van der Waals surface area contributed by atoms with Crippen LogP contribution >= 0.6 is 0 Å². The van der Waals surface area contributed by atoms with E-state index in [1.807, 2.05) is 50.2 Å². The van der Waals surface area contributed by atoms with Crippen LogP contribution in [0, 0.1) is 13.8 Å². The maximum Gasteiger partial charge on any atom is 0.130 e. The standard InChI is InChI=1S/C18H18N2O/c1-12-9-13(2)18(10-16(12)19)21-11-15-8-7-14-5-3-4-6-17(14)20-15/h3-10H,11,19H2,1-2H3. The number of aryl methyl sites for hydroxylation is 2. The number of rotatable bonds is 3. The number of hydrogen-bond acceptors (Lipinski definition) is 3. The fourth-order valence-electron chi connectivity index (χ4n) is 2.34. The molecule has 0 aliphatic heterocycles. The van der Waals surface area contributed by atoms with Crippen LogP contribution in [0.25, 0.3) is 10.9 Å². The Kier molecular flexibility index (Phi) is 3.48. The van der Waals surface area contributed by atoms with Crippen molar-refractivity contribution in [2.45, 2.75) is 20.5 Å². The minimum absolute atomic E-state index is 0.439. The maximum absolute atomic E-state index is 5.94. The highest BCUT2D eigenvalue weighted by molar-refractivity contribution is 5.78. The van der Waals surface area contributed by atoms with Crippen molar-refractivity contribution in [2.24, 2.45) is 0 Å². The van der Waals surface area contributed by atoms with E-state index in [-0.39, 0.29) is 0 Å². The third-order valence-electron chi connectivity index (χ3n) is 3.60. The quantitative estimate of drug-likeness (QED) is 0.736. The lowest BCUT2D eigenvalue weighted by molar-refractivity contribution is 0.300. The molecule has 0 radical (unpaired) electrons. The lowest BCUT2D eigenvalue weighted by atomic mass is 10.1. The van der Waals surface area contributed by atoms with Gasteiger partial charge in [0.05, 0.1) is 11.2 Å². The predicted octanol–water partition coefficient (Wildman–Crippen LogP) is 4.01. The summed E-state index contributed by atoms with van der Waals surface area (Å²) in [7, 11) is 0. The Morgan fingerprint density at radius 3 is 2.67 bits per heavy atom. The highest BCUT2D eigenvalue weighted by Crippen LogP contribution is 2.25. The normalized spacial score (nSPS) is 10.8. The van der Waals surface area contributed by atoms with Crippen LogP contribution in [-0.2, 0) is 6.61 Å². The van der Waals surface area contributed by atoms with E-state index in [1.54, 1.807) is 0 Å². The molecule has 0 saturated carbocycles. The van der Waals surface area contributed by atoms with Crippen molar-refractivity contribution >= 4 is 16.6 Å². The van der Waals surface area contributed by atoms with Gasteiger partial charge in [-0.15, -0.1) is 0 Å². The molecule has 1 aromatic heterocycles. The van der Waals surface area contributed by atoms with Gasteiger partial charge in [-0.05, 0) is 37.1 Å². The summed E-state index contributed by atoms with van der Waals surface area (Å²) in [5.41, 5.74) is 10.7. The first-order valence-electron chi connectivity index (χ1n) is 6.97. The van der Waals surface area contributed by atoms with Gasteiger partial charge in [-0.2, -0.15) is 0 Å². The van der Waals surface area contributed by atoms with Crippen molar-refractivity contribution in [3.8, 4) is 5.75 Å². The topological polar surface area (TPSA) is 48.1 Å². The molecule has 3 rings (SSSR count). The van der Waals surface area contributed by atoms with E-state index in [0.29, 0.717) is 6.61 Å². The van der Waals surface area contributed by atoms with Gasteiger partial charge >= 0.3 is 0 Å². The van der Waals surface area contributed by atoms with Crippen molar-refractivity contribution in [2.75, 3.05) is 5.73 Å². The van der Waals surface area contributed by atoms with Crippen molar-refractivity contribution < 1.29 is 4.74 Å². The third-order valence-corrected chi connectivity index (χ3v) is 3.60. The summed E-state index contributed by atoms with van der Waals surface area (Å²) in [6.07, 6.45) is 0. The van der Waals surface area contributed by atoms with Crippen molar-refractivity contribution in [1.82, 2.24) is 4.98 Å². The molecule has 0 bridgehead atoms. The van der Waals surface area contributed by atoms with Crippen LogP contribution in [0.1, 0.15) is 16.8 Å². The molecule has 0 atom stereocenters. The Hall–Kier alpha value is -2.55. The summed E-state index contributed by atoms with van der Waals surface area (Å²) >= 11 is 0. The summed E-state index contributed by atoms with van der Waals surface area (Å²) in [6, 6.07) is 16.0. The molecule has 0 spiro atoms. The molecule has 2 N–H and O–H groups in total. The van der Waals surface area contributed by atoms with Crippen molar-refractivity contribution in [1.29, 1.82) is 0 Å². The number of anilines is 1. The van der Waals surface area contributed by atoms with Gasteiger partial charge in [0.1, 0.15) is 12.4 Å². The number of ether oxygens (including phenoxy) is 1. The molecule has 2 aromatic carbocycles. The van der Waals surface area contributed by atoms with Gasteiger partial charge in [0.25, 0.3) is 0 Å². The van der Waals surface area contributed by atoms with Gasteiger partial charge in [-0.1, -0.05) is 30.3 Å². The monoisotopic (exact) mass is 278 g/mol. The zero-order valence-corrected chi connectivity index (χ0v) is 12.3. The molecule has 3 nitrogen and oxygen atoms in total. The summed E-state index contributed by atoms with van der Waals surface area (Å²) in [5.74, 6) is 0.813. The highest BCUT2D eigenvalue weighted by Gasteiger charge is 2.05. The van der Waals surface area contributed by atoms with E-state index in [2.05, 4.69) is 17.1 Å². The average Bonchev–Trinajstić information content (AvgIpc) is 2.49. The first-order valence-corrected chi connectivity index (χ1v) is 6.97. The zero-order chi connectivity index (χ0) is 14.8. The fraction of sp³-hybridized carbons (Fsp3) is 0.167. The summed E-state index contributed by atoms with van der Waals surface area (Å²) < 4.78 is 5.87. The number of nitrogens with two attached hydrogens (primary N) is 1. The number of para-hydroxylation sites is 1. The van der Waals surface area contributed by atoms with E-state index in [4.69, 9.17) is 10.5 Å². The third kappa shape index (κ3) is 2.82. The second kappa shape index (κ2) is 5.44. The maximum atomic E-state index is 5.94. The molecule has 0 amide bonds. The summed E-state index contributed by atoms with van der Waals surface area (Å²) in [5, 5.41) is 1.14. The largest absolute Gasteiger partial charge is 0.487 e. The van der Waals surface area contributed by atoms with Crippen LogP contribution in [0.3, 0.4) is 0 Å². The lowest BCUT2D eigenvalue weighted by Gasteiger charge is -2.11. The van der Waals surface area contributed by atoms with Crippen LogP contribution in [0.15, 0.2) is 48.5 Å². The Balaban J connectivity index is 1.81. The van der Waals surface area contributed by atoms with Gasteiger partial charge in [-0.3, -0.25) is 0 Å². The number of benzene rings is 2. The Morgan fingerprint density at radius 1 is 1.00 bits per heavy atom. The van der Waals surface area contributed by atoms with Gasteiger partial charge in [0.15, 0.2) is 0 Å². The van der Waals surface area contributed by atoms with Crippen LogP contribution in [0.2, 0.25) is 0 Å². The second-order valence-corrected chi connectivity index (χ2v) is 5.26. The number of hydrogen-bond donors (Lipinski definition) is 1. The Morgan fingerprint density at radius 2 is 1.81 bits per heavy atom. The van der Waals surface area contributed by atoms with E-state index in [0.717, 1.165) is 39.2 Å². The molecule has 3 aromatic rings. The molecule has 0 aliphatic carbocycles. The number of nitrogens with zero attached hydrogens (tertiary/aromatic N) is 1. The molecular weight excluding hydrogens is 260 g/mol. The first kappa shape index (κ1) is 13.4. The van der Waals surface area contributed by atoms with E-state index < -0.39 is 0 Å². The minimum atomic E-state index is 0.439. The molecule has 0 saturated heterocycles. The Labute approximate surface area is 124 Å². The highest BCUT2D eigenvalue weighted by atomic mass is 16.5. The van der Waals surface area contributed by atoms with Crippen LogP contribution < -0.4 is 10.5 Å². The van der Waals surface area contributed by atoms with E-state index >= 15 is 0 Å². The summed E-state index contributed by atoms with van der Waals surface area (Å²) in [6.45, 7) is 4.46. The number of fused-ring (bicyclic) bond motifs is 1. The van der Waals surface area contributed by atoms with Crippen LogP contribution in [0.4, 0.5) is 5.69 Å². The zero-order valence-electron chi connectivity index (χ0n) is 12.3. The molecule has 0 aliphatic rings. The van der Waals surface area contributed by atoms with E-state index in [9.17, 15) is 0 Å². The molecule has 3 heteroatoms. The summed E-state index contributed by atoms with van der Waals surface area (Å²) in [4.78, 5) is 4.60. The Bertz CT molecular complexity index is 796. The molecule has 21 heavy (non-hydrogen) atoms. The average molecular weight is 278 g/mol. The predicted molar refractivity (Wildman–Crippen MR) is 86.4 cm³/mol. The smallest absolute Gasteiger partial charge is 0.130 e. The lowest BCUT2D eigenvalue weighted by Crippen LogP contribution is -2.01. The SMILES string of the molecule is Cc1cc(C)c(OCc2ccc3ccccc3n2)cc1N. The molecular formula is C18H18N2O. The molecule has 0 fully saturated rings. The van der Waals surface area contributed by atoms with Gasteiger partial charge < -0.3 is 10.5 Å². The van der Waals surface area contributed by atoms with Gasteiger partial charge in [0.2, 0.25) is 0 Å².